The Morgan fingerprint density at radius 1 is 0.895 bits per heavy atom. The predicted octanol–water partition coefficient (Wildman–Crippen LogP) is 5.14. The van der Waals surface area contributed by atoms with Crippen molar-refractivity contribution in [1.82, 2.24) is 0 Å². The number of aryl methyl sites for hydroxylation is 3. The first-order valence-electron chi connectivity index (χ1n) is 7.31. The Labute approximate surface area is 116 Å². The molecule has 0 saturated carbocycles. The lowest BCUT2D eigenvalue weighted by Gasteiger charge is -2.32. The Kier molecular flexibility index (Phi) is 3.18. The van der Waals surface area contributed by atoms with Gasteiger partial charge < -0.3 is 0 Å². The van der Waals surface area contributed by atoms with Crippen LogP contribution in [0, 0.1) is 13.8 Å². The predicted molar refractivity (Wildman–Crippen MR) is 81.8 cm³/mol. The zero-order chi connectivity index (χ0) is 13.4. The highest BCUT2D eigenvalue weighted by Crippen LogP contribution is 2.42. The van der Waals surface area contributed by atoms with Gasteiger partial charge in [0.1, 0.15) is 0 Å². The maximum absolute atomic E-state index is 2.39. The number of hydrogen-bond acceptors (Lipinski definition) is 0. The molecular formula is C19H22. The summed E-state index contributed by atoms with van der Waals surface area (Å²) < 4.78 is 0. The van der Waals surface area contributed by atoms with Gasteiger partial charge in [-0.1, -0.05) is 60.5 Å². The lowest BCUT2D eigenvalue weighted by atomic mass is 9.73. The summed E-state index contributed by atoms with van der Waals surface area (Å²) in [5.41, 5.74) is 7.37. The molecule has 0 fully saturated rings. The van der Waals surface area contributed by atoms with Crippen LogP contribution >= 0.6 is 0 Å². The molecule has 2 atom stereocenters. The van der Waals surface area contributed by atoms with Crippen LogP contribution in [0.5, 0.6) is 0 Å². The fourth-order valence-corrected chi connectivity index (χ4v) is 3.44. The molecule has 0 N–H and O–H groups in total. The molecule has 0 nitrogen and oxygen atoms in total. The van der Waals surface area contributed by atoms with Gasteiger partial charge in [0.15, 0.2) is 0 Å². The Bertz CT molecular complexity index is 577. The molecule has 98 valence electrons. The minimum absolute atomic E-state index is 0.632. The van der Waals surface area contributed by atoms with E-state index in [0.29, 0.717) is 11.8 Å². The molecular weight excluding hydrogens is 228 g/mol. The van der Waals surface area contributed by atoms with E-state index >= 15 is 0 Å². The summed E-state index contributed by atoms with van der Waals surface area (Å²) in [4.78, 5) is 0. The lowest BCUT2D eigenvalue weighted by Crippen LogP contribution is -2.17. The van der Waals surface area contributed by atoms with E-state index in [1.165, 1.54) is 29.5 Å². The molecule has 0 amide bonds. The largest absolute Gasteiger partial charge is 0.0590 e. The van der Waals surface area contributed by atoms with E-state index in [1.807, 2.05) is 0 Å². The Morgan fingerprint density at radius 3 is 2.32 bits per heavy atom. The number of fused-ring (bicyclic) bond motifs is 1. The van der Waals surface area contributed by atoms with Crippen LogP contribution in [-0.2, 0) is 6.42 Å². The van der Waals surface area contributed by atoms with Gasteiger partial charge in [0.2, 0.25) is 0 Å². The average Bonchev–Trinajstić information content (AvgIpc) is 2.40. The molecule has 0 heterocycles. The minimum Gasteiger partial charge on any atom is -0.0590 e. The number of benzene rings is 2. The van der Waals surface area contributed by atoms with Crippen LogP contribution in [0.1, 0.15) is 53.0 Å². The van der Waals surface area contributed by atoms with Crippen LogP contribution in [0.4, 0.5) is 0 Å². The quantitative estimate of drug-likeness (QED) is 0.657. The normalized spacial score (nSPS) is 22.1. The zero-order valence-electron chi connectivity index (χ0n) is 12.1. The van der Waals surface area contributed by atoms with Crippen molar-refractivity contribution >= 4 is 0 Å². The summed E-state index contributed by atoms with van der Waals surface area (Å²) in [7, 11) is 0. The maximum Gasteiger partial charge on any atom is -0.00925 e. The van der Waals surface area contributed by atoms with Gasteiger partial charge in [-0.15, -0.1) is 0 Å². The number of hydrogen-bond donors (Lipinski definition) is 0. The van der Waals surface area contributed by atoms with Crippen LogP contribution in [0.15, 0.2) is 42.5 Å². The van der Waals surface area contributed by atoms with E-state index in [-0.39, 0.29) is 0 Å². The Morgan fingerprint density at radius 2 is 1.58 bits per heavy atom. The SMILES string of the molecule is Cc1ccc(C2CCc3cc(C)ccc3C2C)cc1. The lowest BCUT2D eigenvalue weighted by molar-refractivity contribution is 0.501. The van der Waals surface area contributed by atoms with Gasteiger partial charge in [0, 0.05) is 0 Å². The minimum atomic E-state index is 0.632. The molecule has 3 rings (SSSR count). The van der Waals surface area contributed by atoms with Crippen LogP contribution in [0.2, 0.25) is 0 Å². The highest BCUT2D eigenvalue weighted by molar-refractivity contribution is 5.40. The van der Waals surface area contributed by atoms with Gasteiger partial charge in [-0.25, -0.2) is 0 Å². The van der Waals surface area contributed by atoms with Crippen molar-refractivity contribution < 1.29 is 0 Å². The van der Waals surface area contributed by atoms with Crippen molar-refractivity contribution in [1.29, 1.82) is 0 Å². The van der Waals surface area contributed by atoms with Crippen molar-refractivity contribution in [3.63, 3.8) is 0 Å². The number of rotatable bonds is 1. The Hall–Kier alpha value is -1.56. The first-order chi connectivity index (χ1) is 9.15. The summed E-state index contributed by atoms with van der Waals surface area (Å²) in [6.45, 7) is 6.74. The van der Waals surface area contributed by atoms with Crippen LogP contribution in [0.25, 0.3) is 0 Å². The molecule has 0 saturated heterocycles. The van der Waals surface area contributed by atoms with Gasteiger partial charge in [0.05, 0.1) is 0 Å². The summed E-state index contributed by atoms with van der Waals surface area (Å²) >= 11 is 0. The molecule has 1 aliphatic carbocycles. The molecule has 19 heavy (non-hydrogen) atoms. The first-order valence-corrected chi connectivity index (χ1v) is 7.31. The van der Waals surface area contributed by atoms with E-state index < -0.39 is 0 Å². The highest BCUT2D eigenvalue weighted by Gasteiger charge is 2.27. The van der Waals surface area contributed by atoms with Gasteiger partial charge in [-0.05, 0) is 55.2 Å². The smallest absolute Gasteiger partial charge is 0.00925 e. The monoisotopic (exact) mass is 250 g/mol. The van der Waals surface area contributed by atoms with Crippen LogP contribution < -0.4 is 0 Å². The molecule has 0 aliphatic heterocycles. The van der Waals surface area contributed by atoms with E-state index in [1.54, 1.807) is 11.1 Å². The van der Waals surface area contributed by atoms with E-state index in [9.17, 15) is 0 Å². The second kappa shape index (κ2) is 4.85. The first kappa shape index (κ1) is 12.5. The van der Waals surface area contributed by atoms with Crippen molar-refractivity contribution in [2.24, 2.45) is 0 Å². The summed E-state index contributed by atoms with van der Waals surface area (Å²) in [6, 6.07) is 16.1. The molecule has 2 aromatic carbocycles. The maximum atomic E-state index is 2.39. The third-order valence-corrected chi connectivity index (χ3v) is 4.62. The van der Waals surface area contributed by atoms with E-state index in [4.69, 9.17) is 0 Å². The molecule has 0 heteroatoms. The third kappa shape index (κ3) is 2.32. The summed E-state index contributed by atoms with van der Waals surface area (Å²) in [6.07, 6.45) is 2.50. The summed E-state index contributed by atoms with van der Waals surface area (Å²) in [5, 5.41) is 0. The summed E-state index contributed by atoms with van der Waals surface area (Å²) in [5.74, 6) is 1.31. The fraction of sp³-hybridized carbons (Fsp3) is 0.368. The molecule has 0 aromatic heterocycles. The molecule has 0 spiro atoms. The fourth-order valence-electron chi connectivity index (χ4n) is 3.44. The second-order valence-electron chi connectivity index (χ2n) is 6.05. The molecule has 0 radical (unpaired) electrons. The van der Waals surface area contributed by atoms with Crippen molar-refractivity contribution in [3.8, 4) is 0 Å². The van der Waals surface area contributed by atoms with Crippen molar-refractivity contribution in [2.45, 2.75) is 45.4 Å². The van der Waals surface area contributed by atoms with Gasteiger partial charge in [-0.2, -0.15) is 0 Å². The Balaban J connectivity index is 1.95. The average molecular weight is 250 g/mol. The van der Waals surface area contributed by atoms with Gasteiger partial charge in [0.25, 0.3) is 0 Å². The molecule has 2 unspecified atom stereocenters. The van der Waals surface area contributed by atoms with E-state index in [2.05, 4.69) is 63.2 Å². The highest BCUT2D eigenvalue weighted by atomic mass is 14.3. The van der Waals surface area contributed by atoms with Crippen LogP contribution in [0.3, 0.4) is 0 Å². The molecule has 0 bridgehead atoms. The second-order valence-corrected chi connectivity index (χ2v) is 6.05. The van der Waals surface area contributed by atoms with Crippen LogP contribution in [-0.4, -0.2) is 0 Å². The molecule has 1 aliphatic rings. The van der Waals surface area contributed by atoms with Crippen molar-refractivity contribution in [3.05, 3.63) is 70.3 Å². The van der Waals surface area contributed by atoms with Crippen molar-refractivity contribution in [2.75, 3.05) is 0 Å². The third-order valence-electron chi connectivity index (χ3n) is 4.62. The topological polar surface area (TPSA) is 0 Å². The zero-order valence-corrected chi connectivity index (χ0v) is 12.1. The van der Waals surface area contributed by atoms with E-state index in [0.717, 1.165) is 0 Å². The standard InChI is InChI=1S/C19H22/c1-13-4-7-16(8-5-13)18-11-9-17-12-14(2)6-10-19(17)15(18)3/h4-8,10,12,15,18H,9,11H2,1-3H3. The molecule has 2 aromatic rings. The van der Waals surface area contributed by atoms with Gasteiger partial charge in [-0.3, -0.25) is 0 Å². The van der Waals surface area contributed by atoms with Gasteiger partial charge >= 0.3 is 0 Å².